The molecule has 0 fully saturated rings. The van der Waals surface area contributed by atoms with E-state index in [1.54, 1.807) is 42.5 Å². The van der Waals surface area contributed by atoms with Gasteiger partial charge in [-0.2, -0.15) is 13.2 Å². The van der Waals surface area contributed by atoms with Crippen molar-refractivity contribution in [2.45, 2.75) is 25.7 Å². The summed E-state index contributed by atoms with van der Waals surface area (Å²) >= 11 is 0. The van der Waals surface area contributed by atoms with Gasteiger partial charge < -0.3 is 20.3 Å². The number of amides is 2. The number of aromatic amines is 1. The molecular formula is C27H23F3N4O6. The van der Waals surface area contributed by atoms with Crippen molar-refractivity contribution < 1.29 is 42.9 Å². The minimum Gasteiger partial charge on any atom is -0.475 e. The van der Waals surface area contributed by atoms with E-state index in [1.807, 2.05) is 32.0 Å². The average Bonchev–Trinajstić information content (AvgIpc) is 3.40. The molecule has 0 saturated heterocycles. The van der Waals surface area contributed by atoms with Crippen LogP contribution in [-0.2, 0) is 10.5 Å². The fourth-order valence-electron chi connectivity index (χ4n) is 4.49. The number of nitrogens with zero attached hydrogens (tertiary/aromatic N) is 3. The molecule has 3 aromatic carbocycles. The van der Waals surface area contributed by atoms with Crippen LogP contribution in [0.25, 0.3) is 11.0 Å². The first kappa shape index (κ1) is 28.1. The van der Waals surface area contributed by atoms with Crippen LogP contribution in [0.3, 0.4) is 0 Å². The quantitative estimate of drug-likeness (QED) is 0.284. The van der Waals surface area contributed by atoms with Crippen molar-refractivity contribution >= 4 is 40.6 Å². The highest BCUT2D eigenvalue weighted by Gasteiger charge is 2.50. The maximum atomic E-state index is 13.5. The zero-order valence-electron chi connectivity index (χ0n) is 21.3. The number of carbonyl (C=O) groups excluding carboxylic acids is 1. The summed E-state index contributed by atoms with van der Waals surface area (Å²) in [4.78, 5) is 43.4. The number of imidazole rings is 1. The van der Waals surface area contributed by atoms with Crippen molar-refractivity contribution in [3.05, 3.63) is 88.5 Å². The Balaban J connectivity index is 0.000000470. The van der Waals surface area contributed by atoms with Gasteiger partial charge in [0.2, 0.25) is 5.95 Å². The Bertz CT molecular complexity index is 1630. The number of aliphatic hydroxyl groups is 1. The SMILES string of the molecule is Cc1cc(C)cc(N2C(=O)c3ccccc3C2(O)c2ccc3nc(N(C)C(=O)O)[nH]c3c2)c1.O=C(O)C(F)(F)F. The monoisotopic (exact) mass is 556 g/mol. The molecule has 0 spiro atoms. The Labute approximate surface area is 224 Å². The predicted molar refractivity (Wildman–Crippen MR) is 138 cm³/mol. The maximum absolute atomic E-state index is 13.5. The van der Waals surface area contributed by atoms with Gasteiger partial charge in [-0.05, 0) is 55.3 Å². The number of halogens is 3. The Morgan fingerprint density at radius 3 is 2.17 bits per heavy atom. The van der Waals surface area contributed by atoms with Crippen molar-refractivity contribution in [2.24, 2.45) is 0 Å². The Hall–Kier alpha value is -4.91. The number of alkyl halides is 3. The van der Waals surface area contributed by atoms with Crippen molar-refractivity contribution in [2.75, 3.05) is 16.8 Å². The Morgan fingerprint density at radius 2 is 1.60 bits per heavy atom. The molecule has 5 rings (SSSR count). The molecule has 4 N–H and O–H groups in total. The van der Waals surface area contributed by atoms with Gasteiger partial charge in [-0.25, -0.2) is 14.6 Å². The highest BCUT2D eigenvalue weighted by molar-refractivity contribution is 6.12. The number of aryl methyl sites for hydroxylation is 2. The fourth-order valence-corrected chi connectivity index (χ4v) is 4.49. The number of carboxylic acid groups (broad SMARTS) is 2. The highest BCUT2D eigenvalue weighted by atomic mass is 19.4. The van der Waals surface area contributed by atoms with Gasteiger partial charge in [0.25, 0.3) is 5.91 Å². The molecule has 208 valence electrons. The Kier molecular flexibility index (Phi) is 7.03. The van der Waals surface area contributed by atoms with Gasteiger partial charge >= 0.3 is 18.2 Å². The van der Waals surface area contributed by atoms with E-state index in [0.29, 0.717) is 33.4 Å². The van der Waals surface area contributed by atoms with Crippen LogP contribution in [0.4, 0.5) is 29.6 Å². The molecule has 0 saturated carbocycles. The second-order valence-corrected chi connectivity index (χ2v) is 9.14. The molecule has 0 aliphatic carbocycles. The van der Waals surface area contributed by atoms with E-state index in [-0.39, 0.29) is 11.9 Å². The number of carbonyl (C=O) groups is 3. The number of carboxylic acids is 1. The van der Waals surface area contributed by atoms with E-state index in [4.69, 9.17) is 9.90 Å². The van der Waals surface area contributed by atoms with Gasteiger partial charge in [-0.15, -0.1) is 0 Å². The van der Waals surface area contributed by atoms with Gasteiger partial charge in [0.1, 0.15) is 0 Å². The van der Waals surface area contributed by atoms with Gasteiger partial charge in [-0.1, -0.05) is 30.3 Å². The first-order valence-corrected chi connectivity index (χ1v) is 11.7. The van der Waals surface area contributed by atoms with E-state index in [9.17, 15) is 33.0 Å². The number of fused-ring (bicyclic) bond motifs is 2. The number of hydrogen-bond acceptors (Lipinski definition) is 5. The second kappa shape index (κ2) is 10.0. The van der Waals surface area contributed by atoms with Gasteiger partial charge in [0.05, 0.1) is 11.0 Å². The van der Waals surface area contributed by atoms with E-state index in [2.05, 4.69) is 9.97 Å². The lowest BCUT2D eigenvalue weighted by atomic mass is 9.93. The molecule has 1 aliphatic heterocycles. The van der Waals surface area contributed by atoms with E-state index >= 15 is 0 Å². The molecule has 1 atom stereocenters. The van der Waals surface area contributed by atoms with Crippen LogP contribution in [-0.4, -0.2) is 56.5 Å². The summed E-state index contributed by atoms with van der Waals surface area (Å²) in [7, 11) is 1.39. The standard InChI is InChI=1S/C25H22N4O4.C2HF3O2/c1-14-10-15(2)12-17(11-14)29-22(30)18-6-4-5-7-19(18)25(29,33)16-8-9-20-21(13-16)27-23(26-20)28(3)24(31)32;3-2(4,5)1(6)7/h4-13,33H,1-3H3,(H,26,27)(H,31,32);(H,6,7). The molecule has 0 radical (unpaired) electrons. The van der Waals surface area contributed by atoms with E-state index in [0.717, 1.165) is 16.0 Å². The number of aliphatic carboxylic acids is 1. The first-order valence-electron chi connectivity index (χ1n) is 11.7. The molecule has 0 bridgehead atoms. The molecule has 13 heteroatoms. The van der Waals surface area contributed by atoms with E-state index in [1.165, 1.54) is 11.9 Å². The number of aromatic nitrogens is 2. The number of nitrogens with one attached hydrogen (secondary N) is 1. The summed E-state index contributed by atoms with van der Waals surface area (Å²) in [5.74, 6) is -2.89. The second-order valence-electron chi connectivity index (χ2n) is 9.14. The number of H-pyrrole nitrogens is 1. The third-order valence-corrected chi connectivity index (χ3v) is 6.24. The molecule has 4 aromatic rings. The van der Waals surface area contributed by atoms with Crippen LogP contribution in [0.1, 0.15) is 32.6 Å². The van der Waals surface area contributed by atoms with Crippen LogP contribution in [0.5, 0.6) is 0 Å². The molecule has 1 aliphatic rings. The zero-order chi connectivity index (χ0) is 29.6. The number of anilines is 2. The molecule has 2 heterocycles. The summed E-state index contributed by atoms with van der Waals surface area (Å²) < 4.78 is 31.7. The Morgan fingerprint density at radius 1 is 1.00 bits per heavy atom. The molecule has 1 aromatic heterocycles. The topological polar surface area (TPSA) is 147 Å². The predicted octanol–water partition coefficient (Wildman–Crippen LogP) is 4.78. The number of benzene rings is 3. The van der Waals surface area contributed by atoms with Crippen molar-refractivity contribution in [3.63, 3.8) is 0 Å². The van der Waals surface area contributed by atoms with Crippen LogP contribution in [0.15, 0.2) is 60.7 Å². The zero-order valence-corrected chi connectivity index (χ0v) is 21.3. The fraction of sp³-hybridized carbons (Fsp3) is 0.185. The molecular weight excluding hydrogens is 533 g/mol. The number of hydrogen-bond donors (Lipinski definition) is 4. The summed E-state index contributed by atoms with van der Waals surface area (Å²) in [6, 6.07) is 17.9. The van der Waals surface area contributed by atoms with Crippen LogP contribution in [0, 0.1) is 13.8 Å². The van der Waals surface area contributed by atoms with Gasteiger partial charge in [0.15, 0.2) is 5.72 Å². The van der Waals surface area contributed by atoms with Crippen molar-refractivity contribution in [1.29, 1.82) is 0 Å². The molecule has 40 heavy (non-hydrogen) atoms. The van der Waals surface area contributed by atoms with Crippen molar-refractivity contribution in [3.8, 4) is 0 Å². The van der Waals surface area contributed by atoms with Crippen LogP contribution < -0.4 is 9.80 Å². The van der Waals surface area contributed by atoms with E-state index < -0.39 is 24.0 Å². The average molecular weight is 556 g/mol. The lowest BCUT2D eigenvalue weighted by Crippen LogP contribution is -2.45. The third kappa shape index (κ3) is 4.94. The molecule has 2 amide bonds. The van der Waals surface area contributed by atoms with Gasteiger partial charge in [-0.3, -0.25) is 14.6 Å². The smallest absolute Gasteiger partial charge is 0.475 e. The van der Waals surface area contributed by atoms with Crippen molar-refractivity contribution in [1.82, 2.24) is 9.97 Å². The van der Waals surface area contributed by atoms with Crippen LogP contribution >= 0.6 is 0 Å². The lowest BCUT2D eigenvalue weighted by molar-refractivity contribution is -0.192. The lowest BCUT2D eigenvalue weighted by Gasteiger charge is -2.35. The third-order valence-electron chi connectivity index (χ3n) is 6.24. The molecule has 10 nitrogen and oxygen atoms in total. The summed E-state index contributed by atoms with van der Waals surface area (Å²) in [6.07, 6.45) is -6.23. The summed E-state index contributed by atoms with van der Waals surface area (Å²) in [6.45, 7) is 3.89. The normalized spacial score (nSPS) is 16.4. The van der Waals surface area contributed by atoms with Gasteiger partial charge in [0, 0.05) is 29.4 Å². The number of rotatable bonds is 3. The largest absolute Gasteiger partial charge is 0.490 e. The maximum Gasteiger partial charge on any atom is 0.490 e. The molecule has 1 unspecified atom stereocenters. The minimum atomic E-state index is -5.08. The highest BCUT2D eigenvalue weighted by Crippen LogP contribution is 2.45. The summed E-state index contributed by atoms with van der Waals surface area (Å²) in [5, 5.41) is 28.6. The minimum absolute atomic E-state index is 0.163. The first-order chi connectivity index (χ1) is 18.6. The van der Waals surface area contributed by atoms with Crippen LogP contribution in [0.2, 0.25) is 0 Å². The summed E-state index contributed by atoms with van der Waals surface area (Å²) in [5.41, 5.74) is 3.23.